The van der Waals surface area contributed by atoms with E-state index in [0.717, 1.165) is 10.6 Å². The number of ether oxygens (including phenoxy) is 2. The van der Waals surface area contributed by atoms with Crippen molar-refractivity contribution >= 4 is 33.6 Å². The topological polar surface area (TPSA) is 113 Å². The molecule has 3 heterocycles. The summed E-state index contributed by atoms with van der Waals surface area (Å²) in [4.78, 5) is 36.1. The van der Waals surface area contributed by atoms with Gasteiger partial charge in [0.2, 0.25) is 6.79 Å². The van der Waals surface area contributed by atoms with Gasteiger partial charge in [0.05, 0.1) is 11.1 Å². The van der Waals surface area contributed by atoms with Gasteiger partial charge < -0.3 is 15.2 Å². The molecule has 1 aromatic heterocycles. The van der Waals surface area contributed by atoms with E-state index >= 15 is 0 Å². The number of benzene rings is 1. The van der Waals surface area contributed by atoms with E-state index in [1.807, 2.05) is 0 Å². The number of amides is 2. The van der Waals surface area contributed by atoms with E-state index in [2.05, 4.69) is 21.2 Å². The number of carbonyl (C=O) groups excluding carboxylic acids is 2. The van der Waals surface area contributed by atoms with Crippen molar-refractivity contribution in [3.8, 4) is 17.2 Å². The molecule has 0 aliphatic carbocycles. The molecule has 116 valence electrons. The largest absolute Gasteiger partial charge is 0.454 e. The summed E-state index contributed by atoms with van der Waals surface area (Å²) in [7, 11) is 0. The van der Waals surface area contributed by atoms with Crippen LogP contribution in [0, 0.1) is 0 Å². The highest BCUT2D eigenvalue weighted by Crippen LogP contribution is 2.42. The number of fused-ring (bicyclic) bond motifs is 2. The van der Waals surface area contributed by atoms with Gasteiger partial charge in [-0.3, -0.25) is 24.3 Å². The fourth-order valence-corrected chi connectivity index (χ4v) is 3.14. The van der Waals surface area contributed by atoms with Crippen LogP contribution in [0.4, 0.5) is 5.82 Å². The minimum Gasteiger partial charge on any atom is -0.454 e. The summed E-state index contributed by atoms with van der Waals surface area (Å²) in [6.07, 6.45) is 0. The number of hydrogen-bond acceptors (Lipinski definition) is 6. The minimum absolute atomic E-state index is 0.0113. The average Bonchev–Trinajstić information content (AvgIpc) is 3.06. The first-order chi connectivity index (χ1) is 11.0. The Kier molecular flexibility index (Phi) is 2.76. The lowest BCUT2D eigenvalue weighted by molar-refractivity contribution is 0.0880. The van der Waals surface area contributed by atoms with Gasteiger partial charge in [-0.05, 0) is 28.1 Å². The fourth-order valence-electron chi connectivity index (χ4n) is 2.65. The van der Waals surface area contributed by atoms with Gasteiger partial charge in [0.1, 0.15) is 11.5 Å². The number of pyridine rings is 1. The monoisotopic (exact) mass is 377 g/mol. The van der Waals surface area contributed by atoms with Crippen molar-refractivity contribution in [2.75, 3.05) is 12.5 Å². The molecule has 4 rings (SSSR count). The number of carbonyl (C=O) groups is 2. The SMILES string of the molecule is Nc1c2c(cc(=O)n1-c1c(Br)ccc3c1OCO3)C(=O)NC2=O. The van der Waals surface area contributed by atoms with Crippen LogP contribution < -0.4 is 26.1 Å². The van der Waals surface area contributed by atoms with Crippen molar-refractivity contribution in [3.63, 3.8) is 0 Å². The average molecular weight is 378 g/mol. The molecule has 0 atom stereocenters. The summed E-state index contributed by atoms with van der Waals surface area (Å²) in [6.45, 7) is 0.0113. The smallest absolute Gasteiger partial charge is 0.262 e. The number of nitrogens with two attached hydrogens (primary N) is 1. The molecule has 0 radical (unpaired) electrons. The zero-order chi connectivity index (χ0) is 16.3. The fraction of sp³-hybridized carbons (Fsp3) is 0.0714. The Balaban J connectivity index is 2.09. The van der Waals surface area contributed by atoms with Gasteiger partial charge in [0, 0.05) is 10.5 Å². The lowest BCUT2D eigenvalue weighted by atomic mass is 10.1. The van der Waals surface area contributed by atoms with Crippen LogP contribution >= 0.6 is 15.9 Å². The van der Waals surface area contributed by atoms with Crippen LogP contribution in [0.1, 0.15) is 20.7 Å². The minimum atomic E-state index is -0.642. The number of nitrogens with one attached hydrogen (secondary N) is 1. The molecule has 9 heteroatoms. The summed E-state index contributed by atoms with van der Waals surface area (Å²) >= 11 is 3.34. The van der Waals surface area contributed by atoms with Crippen LogP contribution in [0.5, 0.6) is 11.5 Å². The predicted octanol–water partition coefficient (Wildman–Crippen LogP) is 0.795. The van der Waals surface area contributed by atoms with Crippen molar-refractivity contribution in [1.29, 1.82) is 0 Å². The number of rotatable bonds is 1. The zero-order valence-corrected chi connectivity index (χ0v) is 13.0. The van der Waals surface area contributed by atoms with Crippen molar-refractivity contribution in [2.45, 2.75) is 0 Å². The first-order valence-electron chi connectivity index (χ1n) is 6.48. The molecule has 2 aliphatic rings. The van der Waals surface area contributed by atoms with E-state index < -0.39 is 17.4 Å². The third-order valence-electron chi connectivity index (χ3n) is 3.64. The number of nitrogens with zero attached hydrogens (tertiary/aromatic N) is 1. The van der Waals surface area contributed by atoms with Crippen molar-refractivity contribution in [3.05, 3.63) is 44.2 Å². The van der Waals surface area contributed by atoms with E-state index in [1.165, 1.54) is 0 Å². The molecule has 2 amide bonds. The third-order valence-corrected chi connectivity index (χ3v) is 4.28. The molecule has 0 saturated heterocycles. The maximum atomic E-state index is 12.5. The van der Waals surface area contributed by atoms with E-state index in [9.17, 15) is 14.4 Å². The molecule has 2 aromatic rings. The third kappa shape index (κ3) is 1.80. The summed E-state index contributed by atoms with van der Waals surface area (Å²) < 4.78 is 12.3. The van der Waals surface area contributed by atoms with Crippen LogP contribution in [0.25, 0.3) is 5.69 Å². The number of halogens is 1. The Morgan fingerprint density at radius 1 is 1.17 bits per heavy atom. The van der Waals surface area contributed by atoms with E-state index in [-0.39, 0.29) is 23.7 Å². The van der Waals surface area contributed by atoms with E-state index in [1.54, 1.807) is 12.1 Å². The molecule has 0 spiro atoms. The second kappa shape index (κ2) is 4.59. The number of imide groups is 1. The van der Waals surface area contributed by atoms with Crippen LogP contribution in [0.15, 0.2) is 27.5 Å². The maximum Gasteiger partial charge on any atom is 0.262 e. The summed E-state index contributed by atoms with van der Waals surface area (Å²) in [5, 5.41) is 2.12. The first kappa shape index (κ1) is 13.8. The molecular formula is C14H8BrN3O5. The molecule has 3 N–H and O–H groups in total. The van der Waals surface area contributed by atoms with Gasteiger partial charge >= 0.3 is 0 Å². The highest BCUT2D eigenvalue weighted by molar-refractivity contribution is 9.10. The Bertz CT molecular complexity index is 966. The molecule has 0 fully saturated rings. The Morgan fingerprint density at radius 3 is 2.74 bits per heavy atom. The van der Waals surface area contributed by atoms with Crippen molar-refractivity contribution in [1.82, 2.24) is 9.88 Å². The molecular weight excluding hydrogens is 370 g/mol. The normalized spacial score (nSPS) is 14.8. The van der Waals surface area contributed by atoms with Gasteiger partial charge in [0.25, 0.3) is 17.4 Å². The highest BCUT2D eigenvalue weighted by Gasteiger charge is 2.33. The second-order valence-corrected chi connectivity index (χ2v) is 5.76. The predicted molar refractivity (Wildman–Crippen MR) is 82.1 cm³/mol. The summed E-state index contributed by atoms with van der Waals surface area (Å²) in [5.74, 6) is -0.635. The van der Waals surface area contributed by atoms with Crippen LogP contribution in [0.3, 0.4) is 0 Å². The quantitative estimate of drug-likeness (QED) is 0.710. The molecule has 0 saturated carbocycles. The van der Waals surface area contributed by atoms with Crippen molar-refractivity contribution in [2.24, 2.45) is 0 Å². The molecule has 2 aliphatic heterocycles. The molecule has 0 unspecified atom stereocenters. The molecule has 8 nitrogen and oxygen atoms in total. The summed E-state index contributed by atoms with van der Waals surface area (Å²) in [5.41, 5.74) is 5.71. The highest BCUT2D eigenvalue weighted by atomic mass is 79.9. The van der Waals surface area contributed by atoms with Crippen molar-refractivity contribution < 1.29 is 19.1 Å². The standard InChI is InChI=1S/C14H8BrN3O5/c15-6-1-2-7-11(23-4-22-7)10(6)18-8(19)3-5-9(12(18)16)14(21)17-13(5)20/h1-3H,4,16H2,(H,17,20,21). The Morgan fingerprint density at radius 2 is 1.96 bits per heavy atom. The zero-order valence-electron chi connectivity index (χ0n) is 11.4. The van der Waals surface area contributed by atoms with Gasteiger partial charge in [-0.15, -0.1) is 0 Å². The van der Waals surface area contributed by atoms with Crippen LogP contribution in [0.2, 0.25) is 0 Å². The lowest BCUT2D eigenvalue weighted by Gasteiger charge is -2.15. The Hall–Kier alpha value is -2.81. The van der Waals surface area contributed by atoms with Gasteiger partial charge in [-0.2, -0.15) is 0 Å². The lowest BCUT2D eigenvalue weighted by Crippen LogP contribution is -2.24. The van der Waals surface area contributed by atoms with Gasteiger partial charge in [-0.25, -0.2) is 0 Å². The number of hydrogen-bond donors (Lipinski definition) is 2. The van der Waals surface area contributed by atoms with Crippen LogP contribution in [-0.2, 0) is 0 Å². The first-order valence-corrected chi connectivity index (χ1v) is 7.28. The number of anilines is 1. The molecule has 1 aromatic carbocycles. The number of aromatic nitrogens is 1. The van der Waals surface area contributed by atoms with Gasteiger partial charge in [-0.1, -0.05) is 0 Å². The molecule has 0 bridgehead atoms. The summed E-state index contributed by atoms with van der Waals surface area (Å²) in [6, 6.07) is 4.43. The number of nitrogen functional groups attached to an aromatic ring is 1. The van der Waals surface area contributed by atoms with Gasteiger partial charge in [0.15, 0.2) is 11.5 Å². The van der Waals surface area contributed by atoms with Crippen LogP contribution in [-0.4, -0.2) is 23.2 Å². The second-order valence-electron chi connectivity index (χ2n) is 4.90. The Labute approximate surface area is 136 Å². The van der Waals surface area contributed by atoms with E-state index in [0.29, 0.717) is 21.7 Å². The maximum absolute atomic E-state index is 12.5. The molecule has 23 heavy (non-hydrogen) atoms. The van der Waals surface area contributed by atoms with E-state index in [4.69, 9.17) is 15.2 Å².